The van der Waals surface area contributed by atoms with Crippen LogP contribution >= 0.6 is 11.6 Å². The van der Waals surface area contributed by atoms with Crippen molar-refractivity contribution in [3.05, 3.63) is 87.1 Å². The molecule has 37 heavy (non-hydrogen) atoms. The van der Waals surface area contributed by atoms with Gasteiger partial charge in [0.05, 0.1) is 34.3 Å². The van der Waals surface area contributed by atoms with E-state index in [0.29, 0.717) is 29.8 Å². The summed E-state index contributed by atoms with van der Waals surface area (Å²) in [6.07, 6.45) is 0.417. The molecule has 0 spiro atoms. The average molecular weight is 527 g/mol. The van der Waals surface area contributed by atoms with Crippen molar-refractivity contribution in [2.75, 3.05) is 6.61 Å². The van der Waals surface area contributed by atoms with Gasteiger partial charge in [-0.3, -0.25) is 19.9 Å². The molecule has 1 heterocycles. The van der Waals surface area contributed by atoms with Crippen molar-refractivity contribution in [3.63, 3.8) is 0 Å². The molecule has 0 radical (unpaired) electrons. The maximum absolute atomic E-state index is 13.4. The SMILES string of the molecule is CCOC(=O)C1=C(CCC(Cl)c2ccccc2)N=C(C)C(C(=O)OC(C)C)C1c1cccc([N+](=O)[O-])c1. The zero-order chi connectivity index (χ0) is 27.1. The topological polar surface area (TPSA) is 108 Å². The molecule has 2 aromatic rings. The maximum atomic E-state index is 13.4. The van der Waals surface area contributed by atoms with Crippen LogP contribution in [-0.4, -0.2) is 35.3 Å². The van der Waals surface area contributed by atoms with E-state index in [1.54, 1.807) is 33.8 Å². The number of alkyl halides is 1. The second-order valence-corrected chi connectivity index (χ2v) is 9.57. The zero-order valence-corrected chi connectivity index (χ0v) is 22.1. The third kappa shape index (κ3) is 6.83. The Balaban J connectivity index is 2.13. The number of hydrogen-bond acceptors (Lipinski definition) is 7. The van der Waals surface area contributed by atoms with Crippen molar-refractivity contribution >= 4 is 34.9 Å². The number of carbonyl (C=O) groups excluding carboxylic acids is 2. The van der Waals surface area contributed by atoms with Crippen molar-refractivity contribution in [2.45, 2.75) is 57.9 Å². The molecule has 1 aliphatic rings. The van der Waals surface area contributed by atoms with Crippen LogP contribution in [0.4, 0.5) is 5.69 Å². The Kier molecular flexibility index (Phi) is 9.58. The molecule has 0 saturated heterocycles. The van der Waals surface area contributed by atoms with Crippen LogP contribution in [-0.2, 0) is 19.1 Å². The summed E-state index contributed by atoms with van der Waals surface area (Å²) in [5.41, 5.74) is 2.31. The van der Waals surface area contributed by atoms with Crippen LogP contribution in [0.1, 0.15) is 63.0 Å². The molecule has 3 rings (SSSR count). The number of carbonyl (C=O) groups is 2. The number of ether oxygens (including phenoxy) is 2. The van der Waals surface area contributed by atoms with Crippen molar-refractivity contribution < 1.29 is 24.0 Å². The van der Waals surface area contributed by atoms with E-state index in [9.17, 15) is 19.7 Å². The van der Waals surface area contributed by atoms with E-state index in [-0.39, 0.29) is 23.2 Å². The van der Waals surface area contributed by atoms with Gasteiger partial charge in [0, 0.05) is 23.8 Å². The second-order valence-electron chi connectivity index (χ2n) is 9.04. The molecule has 2 aromatic carbocycles. The quantitative estimate of drug-likeness (QED) is 0.155. The minimum Gasteiger partial charge on any atom is -0.463 e. The van der Waals surface area contributed by atoms with Crippen LogP contribution in [0.3, 0.4) is 0 Å². The van der Waals surface area contributed by atoms with Crippen molar-refractivity contribution in [3.8, 4) is 0 Å². The maximum Gasteiger partial charge on any atom is 0.336 e. The highest BCUT2D eigenvalue weighted by Gasteiger charge is 2.43. The lowest BCUT2D eigenvalue weighted by Crippen LogP contribution is -2.37. The highest BCUT2D eigenvalue weighted by Crippen LogP contribution is 2.43. The molecule has 0 amide bonds. The first-order chi connectivity index (χ1) is 17.6. The van der Waals surface area contributed by atoms with E-state index < -0.39 is 34.8 Å². The van der Waals surface area contributed by atoms with E-state index in [4.69, 9.17) is 21.1 Å². The number of allylic oxidation sites excluding steroid dienone is 1. The molecule has 1 aliphatic heterocycles. The van der Waals surface area contributed by atoms with Crippen LogP contribution in [0.25, 0.3) is 0 Å². The first kappa shape index (κ1) is 28.1. The standard InChI is InChI=1S/C28H31ClN2O6/c1-5-36-27(32)26-23(15-14-22(29)19-10-7-6-8-11-19)30-18(4)24(28(33)37-17(2)3)25(26)20-12-9-13-21(16-20)31(34)35/h6-13,16-17,22,24-25H,5,14-15H2,1-4H3. The second kappa shape index (κ2) is 12.6. The Hall–Kier alpha value is -3.52. The van der Waals surface area contributed by atoms with Crippen LogP contribution in [0, 0.1) is 16.0 Å². The molecule has 0 aliphatic carbocycles. The van der Waals surface area contributed by atoms with Gasteiger partial charge in [-0.25, -0.2) is 4.79 Å². The number of nitro groups is 1. The molecule has 3 atom stereocenters. The molecule has 3 unspecified atom stereocenters. The van der Waals surface area contributed by atoms with Crippen molar-refractivity contribution in [1.29, 1.82) is 0 Å². The van der Waals surface area contributed by atoms with Gasteiger partial charge < -0.3 is 9.47 Å². The fraction of sp³-hybridized carbons (Fsp3) is 0.393. The van der Waals surface area contributed by atoms with Gasteiger partial charge in [-0.2, -0.15) is 0 Å². The Morgan fingerprint density at radius 2 is 1.84 bits per heavy atom. The number of rotatable bonds is 10. The summed E-state index contributed by atoms with van der Waals surface area (Å²) in [5.74, 6) is -3.01. The monoisotopic (exact) mass is 526 g/mol. The molecule has 0 fully saturated rings. The molecule has 9 heteroatoms. The van der Waals surface area contributed by atoms with Crippen molar-refractivity contribution in [1.82, 2.24) is 0 Å². The number of halogens is 1. The highest BCUT2D eigenvalue weighted by atomic mass is 35.5. The first-order valence-corrected chi connectivity index (χ1v) is 12.7. The number of esters is 2. The lowest BCUT2D eigenvalue weighted by atomic mass is 9.75. The Bertz CT molecular complexity index is 1210. The minimum absolute atomic E-state index is 0.114. The number of benzene rings is 2. The van der Waals surface area contributed by atoms with Gasteiger partial charge in [0.1, 0.15) is 5.92 Å². The van der Waals surface area contributed by atoms with Gasteiger partial charge in [-0.1, -0.05) is 42.5 Å². The molecular formula is C28H31ClN2O6. The van der Waals surface area contributed by atoms with Crippen molar-refractivity contribution in [2.24, 2.45) is 10.9 Å². The Morgan fingerprint density at radius 1 is 1.14 bits per heavy atom. The molecule has 0 bridgehead atoms. The predicted molar refractivity (Wildman–Crippen MR) is 142 cm³/mol. The van der Waals surface area contributed by atoms with E-state index in [2.05, 4.69) is 4.99 Å². The third-order valence-electron chi connectivity index (χ3n) is 6.05. The zero-order valence-electron chi connectivity index (χ0n) is 21.3. The number of nitro benzene ring substituents is 1. The number of nitrogens with zero attached hydrogens (tertiary/aromatic N) is 2. The predicted octanol–water partition coefficient (Wildman–Crippen LogP) is 6.30. The van der Waals surface area contributed by atoms with E-state index in [0.717, 1.165) is 5.56 Å². The lowest BCUT2D eigenvalue weighted by molar-refractivity contribution is -0.384. The largest absolute Gasteiger partial charge is 0.463 e. The van der Waals surface area contributed by atoms with E-state index in [1.807, 2.05) is 30.3 Å². The van der Waals surface area contributed by atoms with Gasteiger partial charge in [0.15, 0.2) is 0 Å². The van der Waals surface area contributed by atoms with Crippen LogP contribution < -0.4 is 0 Å². The molecule has 8 nitrogen and oxygen atoms in total. The minimum atomic E-state index is -0.950. The number of aliphatic imine (C=N–C) groups is 1. The van der Waals surface area contributed by atoms with Gasteiger partial charge >= 0.3 is 11.9 Å². The molecule has 0 saturated carbocycles. The molecule has 196 valence electrons. The van der Waals surface area contributed by atoms with Crippen LogP contribution in [0.15, 0.2) is 70.9 Å². The van der Waals surface area contributed by atoms with Gasteiger partial charge in [0.2, 0.25) is 0 Å². The summed E-state index contributed by atoms with van der Waals surface area (Å²) in [6, 6.07) is 15.5. The summed E-state index contributed by atoms with van der Waals surface area (Å²) in [5, 5.41) is 11.2. The molecule has 0 N–H and O–H groups in total. The summed E-state index contributed by atoms with van der Waals surface area (Å²) in [4.78, 5) is 42.3. The van der Waals surface area contributed by atoms with Gasteiger partial charge in [-0.05, 0) is 51.7 Å². The fourth-order valence-corrected chi connectivity index (χ4v) is 4.72. The Labute approximate surface area is 221 Å². The highest BCUT2D eigenvalue weighted by molar-refractivity contribution is 6.20. The average Bonchev–Trinajstić information content (AvgIpc) is 2.86. The van der Waals surface area contributed by atoms with E-state index >= 15 is 0 Å². The smallest absolute Gasteiger partial charge is 0.336 e. The number of non-ortho nitro benzene ring substituents is 1. The first-order valence-electron chi connectivity index (χ1n) is 12.2. The normalized spacial score (nSPS) is 18.3. The van der Waals surface area contributed by atoms with Gasteiger partial charge in [-0.15, -0.1) is 11.6 Å². The molecule has 0 aromatic heterocycles. The van der Waals surface area contributed by atoms with Crippen LogP contribution in [0.2, 0.25) is 0 Å². The van der Waals surface area contributed by atoms with E-state index in [1.165, 1.54) is 18.2 Å². The summed E-state index contributed by atoms with van der Waals surface area (Å²) >= 11 is 6.66. The summed E-state index contributed by atoms with van der Waals surface area (Å²) in [7, 11) is 0. The third-order valence-corrected chi connectivity index (χ3v) is 6.52. The Morgan fingerprint density at radius 3 is 2.46 bits per heavy atom. The number of hydrogen-bond donors (Lipinski definition) is 0. The lowest BCUT2D eigenvalue weighted by Gasteiger charge is -2.32. The van der Waals surface area contributed by atoms with Gasteiger partial charge in [0.25, 0.3) is 5.69 Å². The summed E-state index contributed by atoms with van der Waals surface area (Å²) in [6.45, 7) is 6.96. The fourth-order valence-electron chi connectivity index (χ4n) is 4.47. The summed E-state index contributed by atoms with van der Waals surface area (Å²) < 4.78 is 10.9. The van der Waals surface area contributed by atoms with Crippen LogP contribution in [0.5, 0.6) is 0 Å². The molecular weight excluding hydrogens is 496 g/mol.